The number of rotatable bonds is 8. The topological polar surface area (TPSA) is 89.4 Å². The summed E-state index contributed by atoms with van der Waals surface area (Å²) in [6.07, 6.45) is 0.295. The molecule has 4 rings (SSSR count). The molecule has 0 fully saturated rings. The van der Waals surface area contributed by atoms with Crippen molar-refractivity contribution < 1.29 is 14.3 Å². The smallest absolute Gasteiger partial charge is 0.320 e. The molecule has 31 heavy (non-hydrogen) atoms. The van der Waals surface area contributed by atoms with Crippen LogP contribution in [0.3, 0.4) is 0 Å². The lowest BCUT2D eigenvalue weighted by Crippen LogP contribution is -2.32. The monoisotopic (exact) mass is 430 g/mol. The fourth-order valence-electron chi connectivity index (χ4n) is 3.27. The molecule has 0 aliphatic heterocycles. The average molecular weight is 431 g/mol. The summed E-state index contributed by atoms with van der Waals surface area (Å²) in [6.45, 7) is 0. The lowest BCUT2D eigenvalue weighted by atomic mass is 10.0. The van der Waals surface area contributed by atoms with Gasteiger partial charge >= 0.3 is 5.97 Å². The molecule has 156 valence electrons. The average Bonchev–Trinajstić information content (AvgIpc) is 3.23. The van der Waals surface area contributed by atoms with E-state index in [9.17, 15) is 4.79 Å². The molecule has 0 saturated heterocycles. The molecule has 0 aliphatic rings. The summed E-state index contributed by atoms with van der Waals surface area (Å²) in [5.41, 5.74) is 10.4. The molecule has 1 aromatic heterocycles. The number of aromatic nitrogens is 1. The maximum atomic E-state index is 11.0. The molecule has 1 atom stereocenters. The van der Waals surface area contributed by atoms with Crippen molar-refractivity contribution in [3.05, 3.63) is 96.1 Å². The van der Waals surface area contributed by atoms with Crippen molar-refractivity contribution in [1.82, 2.24) is 4.98 Å². The Labute approximate surface area is 184 Å². The number of carboxylic acids is 1. The first-order valence-electron chi connectivity index (χ1n) is 9.91. The number of nitrogens with two attached hydrogens (primary N) is 1. The maximum Gasteiger partial charge on any atom is 0.320 e. The highest BCUT2D eigenvalue weighted by molar-refractivity contribution is 7.98. The number of thioether (sulfide) groups is 1. The second-order valence-corrected chi connectivity index (χ2v) is 8.07. The number of hydrogen-bond donors (Lipinski definition) is 2. The van der Waals surface area contributed by atoms with Gasteiger partial charge in [0.15, 0.2) is 5.76 Å². The van der Waals surface area contributed by atoms with Crippen molar-refractivity contribution in [1.29, 1.82) is 0 Å². The van der Waals surface area contributed by atoms with E-state index in [1.807, 2.05) is 84.9 Å². The minimum Gasteiger partial charge on any atom is -0.480 e. The van der Waals surface area contributed by atoms with Crippen molar-refractivity contribution in [3.8, 4) is 22.6 Å². The normalized spacial score (nSPS) is 11.9. The van der Waals surface area contributed by atoms with Gasteiger partial charge in [0.2, 0.25) is 0 Å². The SMILES string of the molecule is NC(Cc1cccc(CSc2nc(-c3ccccc3)c(-c3ccccc3)o2)c1)C(=O)O. The van der Waals surface area contributed by atoms with Crippen LogP contribution >= 0.6 is 11.8 Å². The molecule has 0 saturated carbocycles. The standard InChI is InChI=1S/C25H22N2O3S/c26-21(24(28)29)15-17-8-7-9-18(14-17)16-31-25-27-22(19-10-3-1-4-11-19)23(30-25)20-12-5-2-6-13-20/h1-14,21H,15-16,26H2,(H,28,29). The molecule has 6 heteroatoms. The Bertz CT molecular complexity index is 1100. The lowest BCUT2D eigenvalue weighted by molar-refractivity contribution is -0.138. The zero-order valence-corrected chi connectivity index (χ0v) is 17.6. The summed E-state index contributed by atoms with van der Waals surface area (Å²) in [6, 6.07) is 26.8. The number of aliphatic carboxylic acids is 1. The van der Waals surface area contributed by atoms with Crippen molar-refractivity contribution in [3.63, 3.8) is 0 Å². The molecule has 3 aromatic carbocycles. The first-order valence-corrected chi connectivity index (χ1v) is 10.9. The predicted octanol–water partition coefficient (Wildman–Crippen LogP) is 5.26. The fourth-order valence-corrected chi connectivity index (χ4v) is 4.04. The van der Waals surface area contributed by atoms with Crippen LogP contribution in [0.2, 0.25) is 0 Å². The molecule has 0 bridgehead atoms. The quantitative estimate of drug-likeness (QED) is 0.371. The van der Waals surface area contributed by atoms with E-state index < -0.39 is 12.0 Å². The third-order valence-corrected chi connectivity index (χ3v) is 5.72. The van der Waals surface area contributed by atoms with Crippen molar-refractivity contribution in [2.24, 2.45) is 5.73 Å². The van der Waals surface area contributed by atoms with Gasteiger partial charge in [0, 0.05) is 16.9 Å². The zero-order chi connectivity index (χ0) is 21.6. The number of hydrogen-bond acceptors (Lipinski definition) is 5. The first kappa shape index (κ1) is 20.9. The third-order valence-electron chi connectivity index (χ3n) is 4.82. The Morgan fingerprint density at radius 3 is 2.26 bits per heavy atom. The van der Waals surface area contributed by atoms with Gasteiger partial charge in [-0.3, -0.25) is 4.79 Å². The van der Waals surface area contributed by atoms with Crippen LogP contribution in [0.15, 0.2) is 94.6 Å². The van der Waals surface area contributed by atoms with E-state index in [1.54, 1.807) is 0 Å². The van der Waals surface area contributed by atoms with Gasteiger partial charge < -0.3 is 15.3 Å². The summed E-state index contributed by atoms with van der Waals surface area (Å²) < 4.78 is 6.16. The number of carbonyl (C=O) groups is 1. The van der Waals surface area contributed by atoms with E-state index in [0.717, 1.165) is 33.7 Å². The minimum absolute atomic E-state index is 0.295. The molecule has 0 spiro atoms. The molecule has 5 nitrogen and oxygen atoms in total. The molecule has 0 amide bonds. The van der Waals surface area contributed by atoms with Gasteiger partial charge in [-0.25, -0.2) is 4.98 Å². The van der Waals surface area contributed by atoms with Crippen molar-refractivity contribution in [2.45, 2.75) is 23.4 Å². The highest BCUT2D eigenvalue weighted by Crippen LogP contribution is 2.36. The summed E-state index contributed by atoms with van der Waals surface area (Å²) >= 11 is 1.51. The number of benzene rings is 3. The van der Waals surface area contributed by atoms with Gasteiger partial charge in [0.25, 0.3) is 5.22 Å². The van der Waals surface area contributed by atoms with E-state index in [-0.39, 0.29) is 0 Å². The lowest BCUT2D eigenvalue weighted by Gasteiger charge is -2.07. The van der Waals surface area contributed by atoms with Crippen molar-refractivity contribution in [2.75, 3.05) is 0 Å². The van der Waals surface area contributed by atoms with Crippen LogP contribution in [0.4, 0.5) is 0 Å². The van der Waals surface area contributed by atoms with Gasteiger partial charge in [-0.1, -0.05) is 96.7 Å². The van der Waals surface area contributed by atoms with Crippen molar-refractivity contribution >= 4 is 17.7 Å². The maximum absolute atomic E-state index is 11.0. The fraction of sp³-hybridized carbons (Fsp3) is 0.120. The van der Waals surface area contributed by atoms with E-state index in [2.05, 4.69) is 0 Å². The minimum atomic E-state index is -0.999. The molecular formula is C25H22N2O3S. The Hall–Kier alpha value is -3.35. The molecular weight excluding hydrogens is 408 g/mol. The highest BCUT2D eigenvalue weighted by Gasteiger charge is 2.17. The van der Waals surface area contributed by atoms with Crippen LogP contribution in [-0.2, 0) is 17.0 Å². The molecule has 3 N–H and O–H groups in total. The molecule has 0 radical (unpaired) electrons. The highest BCUT2D eigenvalue weighted by atomic mass is 32.2. The molecule has 1 heterocycles. The predicted molar refractivity (Wildman–Crippen MR) is 123 cm³/mol. The van der Waals surface area contributed by atoms with Crippen LogP contribution in [0.5, 0.6) is 0 Å². The largest absolute Gasteiger partial charge is 0.480 e. The van der Waals surface area contributed by atoms with Gasteiger partial charge in [-0.2, -0.15) is 0 Å². The van der Waals surface area contributed by atoms with E-state index in [1.165, 1.54) is 11.8 Å². The van der Waals surface area contributed by atoms with E-state index >= 15 is 0 Å². The van der Waals surface area contributed by atoms with E-state index in [4.69, 9.17) is 20.2 Å². The van der Waals surface area contributed by atoms with Gasteiger partial charge in [0.05, 0.1) is 0 Å². The second-order valence-electron chi connectivity index (χ2n) is 7.15. The van der Waals surface area contributed by atoms with E-state index in [0.29, 0.717) is 17.4 Å². The summed E-state index contributed by atoms with van der Waals surface area (Å²) in [7, 11) is 0. The zero-order valence-electron chi connectivity index (χ0n) is 16.8. The van der Waals surface area contributed by atoms with Crippen LogP contribution < -0.4 is 5.73 Å². The number of nitrogens with zero attached hydrogens (tertiary/aromatic N) is 1. The number of oxazole rings is 1. The number of carboxylic acid groups (broad SMARTS) is 1. The third kappa shape index (κ3) is 5.23. The van der Waals surface area contributed by atoms with Crippen LogP contribution in [0.25, 0.3) is 22.6 Å². The van der Waals surface area contributed by atoms with Gasteiger partial charge in [-0.15, -0.1) is 0 Å². The van der Waals surface area contributed by atoms with Gasteiger partial charge in [0.1, 0.15) is 11.7 Å². The summed E-state index contributed by atoms with van der Waals surface area (Å²) in [5.74, 6) is 0.399. The molecule has 0 aliphatic carbocycles. The Kier molecular flexibility index (Phi) is 6.50. The van der Waals surface area contributed by atoms with Crippen LogP contribution in [-0.4, -0.2) is 22.1 Å². The van der Waals surface area contributed by atoms with Crippen LogP contribution in [0.1, 0.15) is 11.1 Å². The van der Waals surface area contributed by atoms with Crippen LogP contribution in [0, 0.1) is 0 Å². The summed E-state index contributed by atoms with van der Waals surface area (Å²) in [5, 5.41) is 9.62. The van der Waals surface area contributed by atoms with Gasteiger partial charge in [-0.05, 0) is 17.5 Å². The Morgan fingerprint density at radius 2 is 1.58 bits per heavy atom. The second kappa shape index (κ2) is 9.64. The molecule has 1 unspecified atom stereocenters. The molecule has 4 aromatic rings. The first-order chi connectivity index (χ1) is 15.1. The Balaban J connectivity index is 1.56. The Morgan fingerprint density at radius 1 is 0.935 bits per heavy atom. The summed E-state index contributed by atoms with van der Waals surface area (Å²) in [4.78, 5) is 15.8.